The largest absolute Gasteiger partial charge is 0.368 e. The molecule has 0 aromatic heterocycles. The average molecular weight is 388 g/mol. The molecule has 4 aliphatic rings. The van der Waals surface area contributed by atoms with E-state index in [2.05, 4.69) is 10.6 Å². The first-order valence-corrected chi connectivity index (χ1v) is 10.4. The molecule has 3 aliphatic heterocycles. The van der Waals surface area contributed by atoms with Crippen molar-refractivity contribution in [3.63, 3.8) is 0 Å². The molecule has 1 aliphatic carbocycles. The van der Waals surface area contributed by atoms with Gasteiger partial charge in [0, 0.05) is 12.5 Å². The smallest absolute Gasteiger partial charge is 0.271 e. The van der Waals surface area contributed by atoms with E-state index in [1.54, 1.807) is 4.90 Å². The van der Waals surface area contributed by atoms with Gasteiger partial charge in [0.2, 0.25) is 17.7 Å². The summed E-state index contributed by atoms with van der Waals surface area (Å²) in [5.74, 6) is -0.997. The Morgan fingerprint density at radius 1 is 1.04 bits per heavy atom. The van der Waals surface area contributed by atoms with Gasteiger partial charge >= 0.3 is 0 Å². The number of nitrogens with two attached hydrogens (primary N) is 1. The summed E-state index contributed by atoms with van der Waals surface area (Å²) in [6, 6.07) is -1.24. The van der Waals surface area contributed by atoms with E-state index in [-0.39, 0.29) is 23.8 Å². The third-order valence-corrected chi connectivity index (χ3v) is 6.71. The molecule has 2 saturated heterocycles. The van der Waals surface area contributed by atoms with E-state index in [0.717, 1.165) is 37.7 Å². The fourth-order valence-electron chi connectivity index (χ4n) is 5.27. The van der Waals surface area contributed by atoms with Crippen LogP contribution < -0.4 is 16.4 Å². The van der Waals surface area contributed by atoms with Crippen LogP contribution in [0.2, 0.25) is 0 Å². The Hall–Kier alpha value is -2.38. The summed E-state index contributed by atoms with van der Waals surface area (Å²) >= 11 is 0. The van der Waals surface area contributed by atoms with E-state index in [9.17, 15) is 19.2 Å². The second kappa shape index (κ2) is 7.56. The number of carbonyl (C=O) groups excluding carboxylic acids is 4. The highest BCUT2D eigenvalue weighted by Crippen LogP contribution is 2.41. The molecule has 8 heteroatoms. The van der Waals surface area contributed by atoms with Crippen molar-refractivity contribution in [1.82, 2.24) is 15.5 Å². The van der Waals surface area contributed by atoms with Crippen LogP contribution in [0, 0.1) is 5.92 Å². The Bertz CT molecular complexity index is 740. The van der Waals surface area contributed by atoms with Crippen molar-refractivity contribution in [2.24, 2.45) is 11.7 Å². The summed E-state index contributed by atoms with van der Waals surface area (Å²) in [6.45, 7) is 0. The van der Waals surface area contributed by atoms with Gasteiger partial charge < -0.3 is 21.3 Å². The first-order chi connectivity index (χ1) is 13.5. The van der Waals surface area contributed by atoms with Crippen molar-refractivity contribution < 1.29 is 19.2 Å². The van der Waals surface area contributed by atoms with Gasteiger partial charge in [-0.05, 0) is 50.0 Å². The van der Waals surface area contributed by atoms with Gasteiger partial charge in [-0.1, -0.05) is 19.3 Å². The van der Waals surface area contributed by atoms with Crippen LogP contribution in [0.1, 0.15) is 64.2 Å². The SMILES string of the molecule is NC(=O)[C@@H]1CC[C@H]2CC(C3CCCCC3)=C(NC(=O)[C@@H]3CCC(=O)N3)C(=O)N21. The first-order valence-electron chi connectivity index (χ1n) is 10.4. The van der Waals surface area contributed by atoms with Crippen molar-refractivity contribution in [2.45, 2.75) is 82.3 Å². The van der Waals surface area contributed by atoms with Crippen LogP contribution in [0.15, 0.2) is 11.3 Å². The summed E-state index contributed by atoms with van der Waals surface area (Å²) in [5, 5.41) is 5.49. The number of amides is 4. The summed E-state index contributed by atoms with van der Waals surface area (Å²) in [5.41, 5.74) is 6.87. The maximum Gasteiger partial charge on any atom is 0.271 e. The molecule has 3 fully saturated rings. The molecule has 0 aromatic carbocycles. The van der Waals surface area contributed by atoms with E-state index in [1.165, 1.54) is 6.42 Å². The van der Waals surface area contributed by atoms with E-state index in [1.807, 2.05) is 0 Å². The van der Waals surface area contributed by atoms with Crippen molar-refractivity contribution in [1.29, 1.82) is 0 Å². The minimum Gasteiger partial charge on any atom is -0.368 e. The molecule has 3 atom stereocenters. The van der Waals surface area contributed by atoms with Crippen molar-refractivity contribution >= 4 is 23.6 Å². The van der Waals surface area contributed by atoms with Gasteiger partial charge in [-0.25, -0.2) is 0 Å². The molecular weight excluding hydrogens is 360 g/mol. The number of nitrogens with zero attached hydrogens (tertiary/aromatic N) is 1. The van der Waals surface area contributed by atoms with Gasteiger partial charge in [0.25, 0.3) is 5.91 Å². The standard InChI is InChI=1S/C20H28N4O4/c21-18(26)15-8-6-12-10-13(11-4-2-1-3-5-11)17(20(28)24(12)15)23-19(27)14-7-9-16(25)22-14/h11-12,14-15H,1-10H2,(H2,21,26)(H,22,25)(H,23,27)/t12-,14-,15-/m0/s1. The van der Waals surface area contributed by atoms with Gasteiger partial charge in [0.15, 0.2) is 0 Å². The van der Waals surface area contributed by atoms with Crippen LogP contribution in [0.4, 0.5) is 0 Å². The number of hydrogen-bond acceptors (Lipinski definition) is 4. The molecule has 0 bridgehead atoms. The van der Waals surface area contributed by atoms with Crippen LogP contribution in [-0.4, -0.2) is 46.7 Å². The summed E-state index contributed by atoms with van der Waals surface area (Å²) in [7, 11) is 0. The predicted molar refractivity (Wildman–Crippen MR) is 100 cm³/mol. The molecule has 28 heavy (non-hydrogen) atoms. The van der Waals surface area contributed by atoms with E-state index in [0.29, 0.717) is 37.3 Å². The molecule has 4 rings (SSSR count). The molecule has 1 saturated carbocycles. The second-order valence-corrected chi connectivity index (χ2v) is 8.45. The van der Waals surface area contributed by atoms with Crippen molar-refractivity contribution in [2.75, 3.05) is 0 Å². The number of fused-ring (bicyclic) bond motifs is 1. The van der Waals surface area contributed by atoms with E-state index in [4.69, 9.17) is 5.73 Å². The Morgan fingerprint density at radius 2 is 1.79 bits per heavy atom. The van der Waals surface area contributed by atoms with Crippen LogP contribution in [0.25, 0.3) is 0 Å². The summed E-state index contributed by atoms with van der Waals surface area (Å²) < 4.78 is 0. The minimum atomic E-state index is -0.608. The van der Waals surface area contributed by atoms with Crippen LogP contribution in [0.3, 0.4) is 0 Å². The third-order valence-electron chi connectivity index (χ3n) is 6.71. The summed E-state index contributed by atoms with van der Waals surface area (Å²) in [6.07, 6.45) is 8.27. The summed E-state index contributed by atoms with van der Waals surface area (Å²) in [4.78, 5) is 50.9. The first kappa shape index (κ1) is 19.0. The molecule has 4 amide bonds. The van der Waals surface area contributed by atoms with Gasteiger partial charge in [-0.2, -0.15) is 0 Å². The van der Waals surface area contributed by atoms with Crippen LogP contribution >= 0.6 is 0 Å². The lowest BCUT2D eigenvalue weighted by molar-refractivity contribution is -0.138. The Balaban J connectivity index is 1.63. The Labute approximate surface area is 164 Å². The fraction of sp³-hybridized carbons (Fsp3) is 0.700. The monoisotopic (exact) mass is 388 g/mol. The number of carbonyl (C=O) groups is 4. The molecule has 0 spiro atoms. The molecule has 8 nitrogen and oxygen atoms in total. The van der Waals surface area contributed by atoms with E-state index >= 15 is 0 Å². The van der Waals surface area contributed by atoms with Gasteiger partial charge in [-0.15, -0.1) is 0 Å². The Morgan fingerprint density at radius 3 is 2.43 bits per heavy atom. The van der Waals surface area contributed by atoms with Crippen LogP contribution in [0.5, 0.6) is 0 Å². The van der Waals surface area contributed by atoms with E-state index < -0.39 is 18.0 Å². The zero-order chi connectivity index (χ0) is 19.8. The number of nitrogens with one attached hydrogen (secondary N) is 2. The molecule has 0 radical (unpaired) electrons. The normalized spacial score (nSPS) is 31.0. The predicted octanol–water partition coefficient (Wildman–Crippen LogP) is 0.464. The van der Waals surface area contributed by atoms with Crippen molar-refractivity contribution in [3.8, 4) is 0 Å². The molecule has 3 heterocycles. The minimum absolute atomic E-state index is 0.0197. The van der Waals surface area contributed by atoms with Crippen molar-refractivity contribution in [3.05, 3.63) is 11.3 Å². The molecular formula is C20H28N4O4. The molecule has 152 valence electrons. The topological polar surface area (TPSA) is 122 Å². The van der Waals surface area contributed by atoms with Crippen LogP contribution in [-0.2, 0) is 19.2 Å². The lowest BCUT2D eigenvalue weighted by atomic mass is 9.78. The zero-order valence-electron chi connectivity index (χ0n) is 16.0. The highest BCUT2D eigenvalue weighted by molar-refractivity contribution is 6.03. The lowest BCUT2D eigenvalue weighted by Gasteiger charge is -2.39. The molecule has 0 unspecified atom stereocenters. The fourth-order valence-corrected chi connectivity index (χ4v) is 5.27. The maximum atomic E-state index is 13.3. The Kier molecular flexibility index (Phi) is 5.12. The number of hydrogen-bond donors (Lipinski definition) is 3. The highest BCUT2D eigenvalue weighted by Gasteiger charge is 2.46. The molecule has 0 aromatic rings. The zero-order valence-corrected chi connectivity index (χ0v) is 16.0. The average Bonchev–Trinajstić information content (AvgIpc) is 3.31. The highest BCUT2D eigenvalue weighted by atomic mass is 16.2. The lowest BCUT2D eigenvalue weighted by Crippen LogP contribution is -2.54. The third kappa shape index (κ3) is 3.40. The number of rotatable bonds is 4. The maximum absolute atomic E-state index is 13.3. The van der Waals surface area contributed by atoms with Gasteiger partial charge in [0.1, 0.15) is 17.8 Å². The number of primary amides is 1. The van der Waals surface area contributed by atoms with Gasteiger partial charge in [-0.3, -0.25) is 19.2 Å². The van der Waals surface area contributed by atoms with Gasteiger partial charge in [0.05, 0.1) is 0 Å². The molecule has 4 N–H and O–H groups in total. The second-order valence-electron chi connectivity index (χ2n) is 8.45. The quantitative estimate of drug-likeness (QED) is 0.648.